The summed E-state index contributed by atoms with van der Waals surface area (Å²) in [5.41, 5.74) is 0. The molecule has 1 aliphatic carbocycles. The first-order valence-corrected chi connectivity index (χ1v) is 8.38. The SMILES string of the molecule is CC1CC1NS(=O)(=O)c1ccc(S(N)(=O)=O)cc1. The molecule has 6 nitrogen and oxygen atoms in total. The van der Waals surface area contributed by atoms with Gasteiger partial charge in [0.25, 0.3) is 0 Å². The summed E-state index contributed by atoms with van der Waals surface area (Å²) >= 11 is 0. The van der Waals surface area contributed by atoms with E-state index in [1.54, 1.807) is 0 Å². The van der Waals surface area contributed by atoms with Gasteiger partial charge in [-0.15, -0.1) is 0 Å². The maximum Gasteiger partial charge on any atom is 0.240 e. The van der Waals surface area contributed by atoms with Crippen molar-refractivity contribution in [1.82, 2.24) is 4.72 Å². The molecule has 3 N–H and O–H groups in total. The maximum atomic E-state index is 11.9. The van der Waals surface area contributed by atoms with E-state index in [0.29, 0.717) is 5.92 Å². The van der Waals surface area contributed by atoms with Crippen LogP contribution in [0.4, 0.5) is 0 Å². The van der Waals surface area contributed by atoms with Gasteiger partial charge in [-0.25, -0.2) is 26.7 Å². The van der Waals surface area contributed by atoms with E-state index in [1.165, 1.54) is 24.3 Å². The van der Waals surface area contributed by atoms with Gasteiger partial charge in [0.1, 0.15) is 0 Å². The second kappa shape index (κ2) is 4.30. The maximum absolute atomic E-state index is 11.9. The zero-order valence-electron chi connectivity index (χ0n) is 9.70. The fraction of sp³-hybridized carbons (Fsp3) is 0.400. The predicted octanol–water partition coefficient (Wildman–Crippen LogP) is 0.0207. The van der Waals surface area contributed by atoms with Crippen molar-refractivity contribution in [3.05, 3.63) is 24.3 Å². The Hall–Kier alpha value is -0.960. The average molecular weight is 290 g/mol. The first-order chi connectivity index (χ1) is 8.20. The van der Waals surface area contributed by atoms with Crippen LogP contribution in [-0.2, 0) is 20.0 Å². The normalized spacial score (nSPS) is 23.9. The monoisotopic (exact) mass is 290 g/mol. The molecule has 0 aliphatic heterocycles. The van der Waals surface area contributed by atoms with Gasteiger partial charge < -0.3 is 0 Å². The van der Waals surface area contributed by atoms with E-state index < -0.39 is 20.0 Å². The minimum absolute atomic E-state index is 0.0204. The molecule has 1 aromatic carbocycles. The van der Waals surface area contributed by atoms with Crippen LogP contribution >= 0.6 is 0 Å². The number of nitrogens with one attached hydrogen (secondary N) is 1. The Balaban J connectivity index is 2.24. The van der Waals surface area contributed by atoms with Gasteiger partial charge in [-0.3, -0.25) is 0 Å². The number of rotatable bonds is 4. The van der Waals surface area contributed by atoms with Gasteiger partial charge >= 0.3 is 0 Å². The predicted molar refractivity (Wildman–Crippen MR) is 65.7 cm³/mol. The number of nitrogens with two attached hydrogens (primary N) is 1. The summed E-state index contributed by atoms with van der Waals surface area (Å²) in [6.07, 6.45) is 0.828. The molecule has 0 bridgehead atoms. The lowest BCUT2D eigenvalue weighted by molar-refractivity contribution is 0.577. The Labute approximate surface area is 106 Å². The average Bonchev–Trinajstić information content (AvgIpc) is 2.92. The van der Waals surface area contributed by atoms with Crippen molar-refractivity contribution in [3.63, 3.8) is 0 Å². The second-order valence-electron chi connectivity index (χ2n) is 4.46. The van der Waals surface area contributed by atoms with E-state index in [2.05, 4.69) is 4.72 Å². The van der Waals surface area contributed by atoms with Crippen LogP contribution < -0.4 is 9.86 Å². The van der Waals surface area contributed by atoms with Crippen LogP contribution in [0, 0.1) is 5.92 Å². The summed E-state index contributed by atoms with van der Waals surface area (Å²) in [4.78, 5) is -0.0739. The first-order valence-electron chi connectivity index (χ1n) is 5.35. The molecule has 0 saturated heterocycles. The quantitative estimate of drug-likeness (QED) is 0.815. The summed E-state index contributed by atoms with van der Waals surface area (Å²) in [6, 6.07) is 4.80. The van der Waals surface area contributed by atoms with Gasteiger partial charge in [0.05, 0.1) is 9.79 Å². The molecule has 0 heterocycles. The van der Waals surface area contributed by atoms with Crippen LogP contribution in [0.2, 0.25) is 0 Å². The summed E-state index contributed by atoms with van der Waals surface area (Å²) in [5.74, 6) is 0.350. The Kier molecular flexibility index (Phi) is 3.22. The topological polar surface area (TPSA) is 106 Å². The van der Waals surface area contributed by atoms with E-state index in [0.717, 1.165) is 6.42 Å². The lowest BCUT2D eigenvalue weighted by atomic mass is 10.4. The highest BCUT2D eigenvalue weighted by molar-refractivity contribution is 7.89. The first kappa shape index (κ1) is 13.5. The van der Waals surface area contributed by atoms with Gasteiger partial charge in [-0.05, 0) is 36.6 Å². The Morgan fingerprint density at radius 3 is 1.94 bits per heavy atom. The minimum atomic E-state index is -3.80. The summed E-state index contributed by atoms with van der Waals surface area (Å²) in [7, 11) is -7.38. The van der Waals surface area contributed by atoms with E-state index in [9.17, 15) is 16.8 Å². The van der Waals surface area contributed by atoms with Crippen LogP contribution in [0.1, 0.15) is 13.3 Å². The number of sulfonamides is 2. The highest BCUT2D eigenvalue weighted by atomic mass is 32.2. The highest BCUT2D eigenvalue weighted by Crippen LogP contribution is 2.30. The molecular formula is C10H14N2O4S2. The molecule has 0 radical (unpaired) electrons. The Morgan fingerprint density at radius 2 is 1.56 bits per heavy atom. The van der Waals surface area contributed by atoms with Crippen molar-refractivity contribution in [3.8, 4) is 0 Å². The molecule has 1 saturated carbocycles. The molecule has 0 spiro atoms. The molecule has 1 aliphatic rings. The number of primary sulfonamides is 1. The molecule has 0 amide bonds. The van der Waals surface area contributed by atoms with Crippen molar-refractivity contribution in [1.29, 1.82) is 0 Å². The number of benzene rings is 1. The molecule has 1 fully saturated rings. The van der Waals surface area contributed by atoms with Gasteiger partial charge in [0.15, 0.2) is 0 Å². The van der Waals surface area contributed by atoms with Crippen LogP contribution in [-0.4, -0.2) is 22.9 Å². The second-order valence-corrected chi connectivity index (χ2v) is 7.73. The van der Waals surface area contributed by atoms with Crippen molar-refractivity contribution < 1.29 is 16.8 Å². The summed E-state index contributed by atoms with van der Waals surface area (Å²) in [5, 5.41) is 4.93. The van der Waals surface area contributed by atoms with Gasteiger partial charge in [0.2, 0.25) is 20.0 Å². The summed E-state index contributed by atoms with van der Waals surface area (Å²) < 4.78 is 48.4. The standard InChI is InChI=1S/C10H14N2O4S2/c1-7-6-10(7)12-18(15,16)9-4-2-8(3-5-9)17(11,13)14/h2-5,7,10,12H,6H2,1H3,(H2,11,13,14). The molecular weight excluding hydrogens is 276 g/mol. The third-order valence-corrected chi connectivity index (χ3v) is 5.31. The zero-order chi connectivity index (χ0) is 13.6. The molecule has 0 aromatic heterocycles. The van der Waals surface area contributed by atoms with Crippen molar-refractivity contribution in [2.75, 3.05) is 0 Å². The van der Waals surface area contributed by atoms with Gasteiger partial charge in [0, 0.05) is 6.04 Å². The van der Waals surface area contributed by atoms with Crippen LogP contribution in [0.15, 0.2) is 34.1 Å². The number of hydrogen-bond acceptors (Lipinski definition) is 4. The Bertz CT molecular complexity index is 650. The van der Waals surface area contributed by atoms with E-state index in [4.69, 9.17) is 5.14 Å². The molecule has 100 valence electrons. The van der Waals surface area contributed by atoms with Crippen LogP contribution in [0.3, 0.4) is 0 Å². The van der Waals surface area contributed by atoms with Crippen LogP contribution in [0.5, 0.6) is 0 Å². The minimum Gasteiger partial charge on any atom is -0.225 e. The largest absolute Gasteiger partial charge is 0.240 e. The summed E-state index contributed by atoms with van der Waals surface area (Å²) in [6.45, 7) is 1.96. The molecule has 2 atom stereocenters. The molecule has 2 unspecified atom stereocenters. The third-order valence-electron chi connectivity index (χ3n) is 2.88. The molecule has 1 aromatic rings. The van der Waals surface area contributed by atoms with E-state index in [-0.39, 0.29) is 15.8 Å². The highest BCUT2D eigenvalue weighted by Gasteiger charge is 2.36. The van der Waals surface area contributed by atoms with Crippen molar-refractivity contribution >= 4 is 20.0 Å². The molecule has 8 heteroatoms. The van der Waals surface area contributed by atoms with Gasteiger partial charge in [-0.2, -0.15) is 0 Å². The molecule has 2 rings (SSSR count). The van der Waals surface area contributed by atoms with E-state index >= 15 is 0 Å². The third kappa shape index (κ3) is 2.89. The van der Waals surface area contributed by atoms with Gasteiger partial charge in [-0.1, -0.05) is 6.92 Å². The molecule has 18 heavy (non-hydrogen) atoms. The van der Waals surface area contributed by atoms with Crippen molar-refractivity contribution in [2.45, 2.75) is 29.2 Å². The fourth-order valence-electron chi connectivity index (χ4n) is 1.56. The zero-order valence-corrected chi connectivity index (χ0v) is 11.3. The van der Waals surface area contributed by atoms with E-state index in [1.807, 2.05) is 6.92 Å². The Morgan fingerprint density at radius 1 is 1.11 bits per heavy atom. The number of hydrogen-bond donors (Lipinski definition) is 2. The lowest BCUT2D eigenvalue weighted by Crippen LogP contribution is -2.26. The van der Waals surface area contributed by atoms with Crippen LogP contribution in [0.25, 0.3) is 0 Å². The lowest BCUT2D eigenvalue weighted by Gasteiger charge is -2.06. The smallest absolute Gasteiger partial charge is 0.225 e. The fourth-order valence-corrected chi connectivity index (χ4v) is 3.44. The van der Waals surface area contributed by atoms with Crippen molar-refractivity contribution in [2.24, 2.45) is 11.1 Å².